The topological polar surface area (TPSA) is 3.24 Å². The van der Waals surface area contributed by atoms with Crippen molar-refractivity contribution < 1.29 is 0 Å². The fraction of sp³-hybridized carbons (Fsp3) is 0.0385. The van der Waals surface area contributed by atoms with Crippen molar-refractivity contribution in [2.75, 3.05) is 4.90 Å². The van der Waals surface area contributed by atoms with E-state index in [2.05, 4.69) is 218 Å². The Kier molecular flexibility index (Phi) is 7.33. The average molecular weight is 676 g/mol. The lowest BCUT2D eigenvalue weighted by atomic mass is 9.74. The van der Waals surface area contributed by atoms with Crippen LogP contribution in [-0.2, 0) is 5.41 Å². The van der Waals surface area contributed by atoms with Gasteiger partial charge in [-0.3, -0.25) is 0 Å². The summed E-state index contributed by atoms with van der Waals surface area (Å²) in [4.78, 5) is 2.45. The molecule has 53 heavy (non-hydrogen) atoms. The monoisotopic (exact) mass is 675 g/mol. The summed E-state index contributed by atoms with van der Waals surface area (Å²) in [5.41, 5.74) is 14.6. The largest absolute Gasteiger partial charge is 0.310 e. The molecule has 0 heterocycles. The Labute approximate surface area is 311 Å². The number of anilines is 3. The van der Waals surface area contributed by atoms with E-state index in [1.165, 1.54) is 71.6 Å². The second-order valence-electron chi connectivity index (χ2n) is 14.2. The smallest absolute Gasteiger partial charge is 0.0540 e. The van der Waals surface area contributed by atoms with E-state index in [0.29, 0.717) is 0 Å². The molecular formula is C52H37N. The number of benzene rings is 9. The van der Waals surface area contributed by atoms with Crippen LogP contribution in [0.1, 0.15) is 23.6 Å². The van der Waals surface area contributed by atoms with Gasteiger partial charge in [0.05, 0.1) is 5.69 Å². The highest BCUT2D eigenvalue weighted by Crippen LogP contribution is 2.53. The van der Waals surface area contributed by atoms with Crippen molar-refractivity contribution in [1.82, 2.24) is 0 Å². The highest BCUT2D eigenvalue weighted by Gasteiger charge is 2.40. The molecule has 0 radical (unpaired) electrons. The van der Waals surface area contributed by atoms with E-state index in [-0.39, 0.29) is 5.41 Å². The first kappa shape index (κ1) is 31.1. The predicted octanol–water partition coefficient (Wildman–Crippen LogP) is 14.1. The van der Waals surface area contributed by atoms with E-state index in [9.17, 15) is 0 Å². The zero-order valence-corrected chi connectivity index (χ0v) is 29.6. The first-order valence-electron chi connectivity index (χ1n) is 18.4. The van der Waals surface area contributed by atoms with Crippen LogP contribution in [0.5, 0.6) is 0 Å². The first-order chi connectivity index (χ1) is 26.2. The lowest BCUT2D eigenvalue weighted by molar-refractivity contribution is 0.714. The third-order valence-corrected chi connectivity index (χ3v) is 11.4. The molecule has 0 saturated carbocycles. The van der Waals surface area contributed by atoms with E-state index >= 15 is 0 Å². The standard InChI is InChI=1S/C52H37N/c1-52(49-27-11-9-23-46(49)47-24-10-12-28-50(47)52)39-19-14-20-41(35-39)53(40-31-29-38(30-32-40)43-26-13-18-37-17-5-6-21-42(37)43)51-34-33-44(36-15-3-2-4-16-36)45-22-7-8-25-48(45)51/h2-35H,1H3. The summed E-state index contributed by atoms with van der Waals surface area (Å²) in [6.45, 7) is 2.39. The molecule has 0 N–H and O–H groups in total. The Balaban J connectivity index is 1.17. The van der Waals surface area contributed by atoms with Crippen LogP contribution >= 0.6 is 0 Å². The highest BCUT2D eigenvalue weighted by atomic mass is 15.1. The van der Waals surface area contributed by atoms with Crippen molar-refractivity contribution in [3.63, 3.8) is 0 Å². The minimum Gasteiger partial charge on any atom is -0.310 e. The predicted molar refractivity (Wildman–Crippen MR) is 224 cm³/mol. The van der Waals surface area contributed by atoms with Gasteiger partial charge in [-0.15, -0.1) is 0 Å². The summed E-state index contributed by atoms with van der Waals surface area (Å²) in [5, 5.41) is 4.96. The normalized spacial score (nSPS) is 12.8. The highest BCUT2D eigenvalue weighted by molar-refractivity contribution is 6.06. The summed E-state index contributed by atoms with van der Waals surface area (Å²) < 4.78 is 0. The minimum absolute atomic E-state index is 0.299. The second-order valence-corrected chi connectivity index (χ2v) is 14.2. The zero-order chi connectivity index (χ0) is 35.4. The third-order valence-electron chi connectivity index (χ3n) is 11.4. The molecule has 0 spiro atoms. The fourth-order valence-electron chi connectivity index (χ4n) is 8.76. The van der Waals surface area contributed by atoms with Crippen LogP contribution in [0.4, 0.5) is 17.1 Å². The van der Waals surface area contributed by atoms with Crippen LogP contribution in [0.3, 0.4) is 0 Å². The Morgan fingerprint density at radius 1 is 0.358 bits per heavy atom. The first-order valence-corrected chi connectivity index (χ1v) is 18.4. The summed E-state index contributed by atoms with van der Waals surface area (Å²) in [6.07, 6.45) is 0. The average Bonchev–Trinajstić information content (AvgIpc) is 3.50. The third kappa shape index (κ3) is 5.00. The molecule has 0 atom stereocenters. The molecule has 0 unspecified atom stereocenters. The number of rotatable bonds is 6. The maximum atomic E-state index is 2.45. The van der Waals surface area contributed by atoms with Gasteiger partial charge in [0, 0.05) is 22.2 Å². The number of hydrogen-bond donors (Lipinski definition) is 0. The molecular weight excluding hydrogens is 639 g/mol. The van der Waals surface area contributed by atoms with Gasteiger partial charge in [-0.25, -0.2) is 0 Å². The van der Waals surface area contributed by atoms with Gasteiger partial charge in [-0.05, 0) is 103 Å². The Bertz CT molecular complexity index is 2740. The number of hydrogen-bond acceptors (Lipinski definition) is 1. The van der Waals surface area contributed by atoms with Crippen LogP contribution in [0, 0.1) is 0 Å². The van der Waals surface area contributed by atoms with Crippen molar-refractivity contribution in [1.29, 1.82) is 0 Å². The lowest BCUT2D eigenvalue weighted by Crippen LogP contribution is -2.23. The maximum absolute atomic E-state index is 2.45. The molecule has 0 saturated heterocycles. The van der Waals surface area contributed by atoms with E-state index in [1.54, 1.807) is 0 Å². The van der Waals surface area contributed by atoms with Gasteiger partial charge < -0.3 is 4.90 Å². The Morgan fingerprint density at radius 2 is 0.906 bits per heavy atom. The minimum atomic E-state index is -0.299. The van der Waals surface area contributed by atoms with Crippen LogP contribution in [-0.4, -0.2) is 0 Å². The van der Waals surface area contributed by atoms with Gasteiger partial charge in [-0.2, -0.15) is 0 Å². The van der Waals surface area contributed by atoms with Crippen molar-refractivity contribution in [3.8, 4) is 33.4 Å². The van der Waals surface area contributed by atoms with Crippen LogP contribution in [0.25, 0.3) is 54.9 Å². The van der Waals surface area contributed by atoms with E-state index < -0.39 is 0 Å². The van der Waals surface area contributed by atoms with Gasteiger partial charge in [0.15, 0.2) is 0 Å². The van der Waals surface area contributed by atoms with Crippen LogP contribution in [0.15, 0.2) is 206 Å². The molecule has 1 nitrogen and oxygen atoms in total. The van der Waals surface area contributed by atoms with E-state index in [0.717, 1.165) is 17.1 Å². The summed E-state index contributed by atoms with van der Waals surface area (Å²) in [5.74, 6) is 0. The van der Waals surface area contributed by atoms with Crippen molar-refractivity contribution in [2.45, 2.75) is 12.3 Å². The molecule has 0 aliphatic heterocycles. The SMILES string of the molecule is CC1(c2cccc(N(c3ccc(-c4cccc5ccccc45)cc3)c3ccc(-c4ccccc4)c4ccccc34)c2)c2ccccc2-c2ccccc21. The van der Waals surface area contributed by atoms with Crippen LogP contribution in [0.2, 0.25) is 0 Å². The number of nitrogens with zero attached hydrogens (tertiary/aromatic N) is 1. The fourth-order valence-corrected chi connectivity index (χ4v) is 8.76. The van der Waals surface area contributed by atoms with Gasteiger partial charge in [0.2, 0.25) is 0 Å². The van der Waals surface area contributed by atoms with Crippen molar-refractivity contribution in [3.05, 3.63) is 223 Å². The van der Waals surface area contributed by atoms with Crippen LogP contribution < -0.4 is 4.90 Å². The summed E-state index contributed by atoms with van der Waals surface area (Å²) >= 11 is 0. The van der Waals surface area contributed by atoms with Crippen molar-refractivity contribution >= 4 is 38.6 Å². The Morgan fingerprint density at radius 3 is 1.66 bits per heavy atom. The molecule has 9 aromatic rings. The molecule has 10 rings (SSSR count). The molecule has 1 heteroatoms. The Hall–Kier alpha value is -6.70. The zero-order valence-electron chi connectivity index (χ0n) is 29.6. The van der Waals surface area contributed by atoms with Gasteiger partial charge in [0.1, 0.15) is 0 Å². The molecule has 9 aromatic carbocycles. The molecule has 250 valence electrons. The molecule has 0 amide bonds. The van der Waals surface area contributed by atoms with Gasteiger partial charge >= 0.3 is 0 Å². The van der Waals surface area contributed by atoms with Gasteiger partial charge in [0.25, 0.3) is 0 Å². The molecule has 0 aromatic heterocycles. The number of fused-ring (bicyclic) bond motifs is 5. The summed E-state index contributed by atoms with van der Waals surface area (Å²) in [6, 6.07) is 75.5. The summed E-state index contributed by atoms with van der Waals surface area (Å²) in [7, 11) is 0. The van der Waals surface area contributed by atoms with Gasteiger partial charge in [-0.1, -0.05) is 176 Å². The molecule has 0 bridgehead atoms. The molecule has 1 aliphatic rings. The maximum Gasteiger partial charge on any atom is 0.0540 e. The molecule has 0 fully saturated rings. The van der Waals surface area contributed by atoms with E-state index in [1.807, 2.05) is 0 Å². The van der Waals surface area contributed by atoms with E-state index in [4.69, 9.17) is 0 Å². The quantitative estimate of drug-likeness (QED) is 0.170. The lowest BCUT2D eigenvalue weighted by Gasteiger charge is -2.32. The molecule has 1 aliphatic carbocycles. The van der Waals surface area contributed by atoms with Crippen molar-refractivity contribution in [2.24, 2.45) is 0 Å². The second kappa shape index (κ2) is 12.5.